The highest BCUT2D eigenvalue weighted by atomic mass is 16.3. The fourth-order valence-corrected chi connectivity index (χ4v) is 5.17. The van der Waals surface area contributed by atoms with Crippen LogP contribution < -0.4 is 10.6 Å². The maximum absolute atomic E-state index is 13.8. The van der Waals surface area contributed by atoms with Crippen molar-refractivity contribution in [2.45, 2.75) is 63.4 Å². The molecule has 4 N–H and O–H groups in total. The van der Waals surface area contributed by atoms with E-state index in [0.29, 0.717) is 0 Å². The number of carbonyl (C=O) groups excluding carboxylic acids is 4. The van der Waals surface area contributed by atoms with Crippen molar-refractivity contribution < 1.29 is 29.4 Å². The summed E-state index contributed by atoms with van der Waals surface area (Å²) in [6.45, 7) is 3.19. The highest BCUT2D eigenvalue weighted by Crippen LogP contribution is 2.37. The van der Waals surface area contributed by atoms with Gasteiger partial charge in [-0.25, -0.2) is 4.98 Å². The topological polar surface area (TPSA) is 165 Å². The van der Waals surface area contributed by atoms with Crippen molar-refractivity contribution in [3.05, 3.63) is 54.1 Å². The molecule has 0 bridgehead atoms. The van der Waals surface area contributed by atoms with Crippen molar-refractivity contribution in [3.63, 3.8) is 0 Å². The number of aliphatic hydroxyl groups excluding tert-OH is 1. The molecule has 1 aliphatic heterocycles. The summed E-state index contributed by atoms with van der Waals surface area (Å²) in [7, 11) is 3.09. The highest BCUT2D eigenvalue weighted by molar-refractivity contribution is 5.98. The predicted octanol–water partition coefficient (Wildman–Crippen LogP) is 0.103. The second kappa shape index (κ2) is 12.0. The van der Waals surface area contributed by atoms with Gasteiger partial charge >= 0.3 is 0 Å². The van der Waals surface area contributed by atoms with Gasteiger partial charge in [0, 0.05) is 32.7 Å². The molecule has 3 heterocycles. The minimum Gasteiger partial charge on any atom is -0.505 e. The lowest BCUT2D eigenvalue weighted by Crippen LogP contribution is -2.64. The van der Waals surface area contributed by atoms with Crippen LogP contribution in [-0.4, -0.2) is 98.0 Å². The molecule has 0 spiro atoms. The first-order valence-corrected chi connectivity index (χ1v) is 13.4. The minimum atomic E-state index is -1.31. The van der Waals surface area contributed by atoms with Crippen LogP contribution in [0.5, 0.6) is 5.75 Å². The SMILES string of the molecule is C[C@@H]1[C@H](NC(=O)c2ncccc2O)C(=O)N[C@@H](Cc2cccnc2)[C@@H](O)[C@@H](C)C(=O)N(C)C(C2CC2)C(=O)N1C. The standard InChI is InChI=1S/C28H36N6O6/c1-15-24(36)19(13-17-7-5-11-29-14-17)31-25(37)21(32-26(38)22-20(35)8-6-12-30-22)16(2)33(3)28(40)23(18-9-10-18)34(4)27(15)39/h5-8,11-12,14-16,18-19,21,23-24,35-36H,9-10,13H2,1-4H3,(H,31,37)(H,32,38)/t15-,16-,19+,21+,23?,24+/m1/s1. The average Bonchev–Trinajstić information content (AvgIpc) is 3.78. The van der Waals surface area contributed by atoms with Crippen LogP contribution in [0.15, 0.2) is 42.9 Å². The van der Waals surface area contributed by atoms with Crippen LogP contribution in [0.4, 0.5) is 0 Å². The lowest BCUT2D eigenvalue weighted by molar-refractivity contribution is -0.151. The van der Waals surface area contributed by atoms with Crippen LogP contribution in [0.2, 0.25) is 0 Å². The molecule has 2 aromatic heterocycles. The molecule has 4 amide bonds. The molecular weight excluding hydrogens is 516 g/mol. The number of amides is 4. The van der Waals surface area contributed by atoms with Gasteiger partial charge in [-0.3, -0.25) is 24.2 Å². The maximum atomic E-state index is 13.8. The number of nitrogens with zero attached hydrogens (tertiary/aromatic N) is 4. The lowest BCUT2D eigenvalue weighted by Gasteiger charge is -2.40. The van der Waals surface area contributed by atoms with Gasteiger partial charge < -0.3 is 30.6 Å². The fraction of sp³-hybridized carbons (Fsp3) is 0.500. The van der Waals surface area contributed by atoms with Crippen molar-refractivity contribution in [1.29, 1.82) is 0 Å². The molecule has 214 valence electrons. The number of hydrogen-bond donors (Lipinski definition) is 4. The fourth-order valence-electron chi connectivity index (χ4n) is 5.17. The summed E-state index contributed by atoms with van der Waals surface area (Å²) < 4.78 is 0. The van der Waals surface area contributed by atoms with E-state index >= 15 is 0 Å². The van der Waals surface area contributed by atoms with Gasteiger partial charge in [-0.15, -0.1) is 0 Å². The van der Waals surface area contributed by atoms with Crippen LogP contribution in [0, 0.1) is 11.8 Å². The molecule has 1 unspecified atom stereocenters. The Kier molecular flexibility index (Phi) is 8.67. The Balaban J connectivity index is 1.74. The van der Waals surface area contributed by atoms with Gasteiger partial charge in [0.15, 0.2) is 5.69 Å². The number of hydrogen-bond acceptors (Lipinski definition) is 8. The third kappa shape index (κ3) is 6.06. The molecule has 2 aromatic rings. The van der Waals surface area contributed by atoms with E-state index in [9.17, 15) is 29.4 Å². The Morgan fingerprint density at radius 2 is 1.77 bits per heavy atom. The first-order chi connectivity index (χ1) is 19.0. The zero-order chi connectivity index (χ0) is 29.1. The molecule has 1 saturated heterocycles. The lowest BCUT2D eigenvalue weighted by atomic mass is 9.90. The summed E-state index contributed by atoms with van der Waals surface area (Å²) in [6, 6.07) is 2.46. The zero-order valence-electron chi connectivity index (χ0n) is 23.0. The van der Waals surface area contributed by atoms with Crippen molar-refractivity contribution >= 4 is 23.6 Å². The van der Waals surface area contributed by atoms with E-state index in [0.717, 1.165) is 18.4 Å². The Morgan fingerprint density at radius 1 is 1.07 bits per heavy atom. The van der Waals surface area contributed by atoms with Crippen molar-refractivity contribution in [2.75, 3.05) is 14.1 Å². The summed E-state index contributed by atoms with van der Waals surface area (Å²) >= 11 is 0. The molecule has 0 radical (unpaired) electrons. The molecule has 40 heavy (non-hydrogen) atoms. The number of pyridine rings is 2. The highest BCUT2D eigenvalue weighted by Gasteiger charge is 2.47. The van der Waals surface area contributed by atoms with Crippen LogP contribution >= 0.6 is 0 Å². The number of carbonyl (C=O) groups is 4. The third-order valence-corrected chi connectivity index (χ3v) is 7.92. The van der Waals surface area contributed by atoms with Gasteiger partial charge in [-0.1, -0.05) is 13.0 Å². The van der Waals surface area contributed by atoms with E-state index in [1.54, 1.807) is 45.4 Å². The van der Waals surface area contributed by atoms with Gasteiger partial charge in [0.05, 0.1) is 24.1 Å². The van der Waals surface area contributed by atoms with Crippen LogP contribution in [-0.2, 0) is 20.8 Å². The van der Waals surface area contributed by atoms with Gasteiger partial charge in [0.2, 0.25) is 17.7 Å². The summed E-state index contributed by atoms with van der Waals surface area (Å²) in [4.78, 5) is 65.0. The van der Waals surface area contributed by atoms with E-state index in [4.69, 9.17) is 0 Å². The smallest absolute Gasteiger partial charge is 0.274 e. The van der Waals surface area contributed by atoms with E-state index in [1.807, 2.05) is 0 Å². The van der Waals surface area contributed by atoms with Crippen molar-refractivity contribution in [1.82, 2.24) is 30.4 Å². The summed E-state index contributed by atoms with van der Waals surface area (Å²) in [5.41, 5.74) is 0.450. The molecule has 12 nitrogen and oxygen atoms in total. The molecule has 1 aliphatic carbocycles. The number of aromatic nitrogens is 2. The third-order valence-electron chi connectivity index (χ3n) is 7.92. The second-order valence-electron chi connectivity index (χ2n) is 10.7. The predicted molar refractivity (Wildman–Crippen MR) is 144 cm³/mol. The van der Waals surface area contributed by atoms with Gasteiger partial charge in [0.25, 0.3) is 5.91 Å². The number of nitrogens with one attached hydrogen (secondary N) is 2. The molecule has 2 fully saturated rings. The Labute approximate surface area is 232 Å². The first-order valence-electron chi connectivity index (χ1n) is 13.4. The Bertz CT molecular complexity index is 1250. The number of aromatic hydroxyl groups is 1. The van der Waals surface area contributed by atoms with E-state index in [2.05, 4.69) is 20.6 Å². The average molecular weight is 553 g/mol. The van der Waals surface area contributed by atoms with Crippen molar-refractivity contribution in [2.24, 2.45) is 11.8 Å². The van der Waals surface area contributed by atoms with E-state index < -0.39 is 53.9 Å². The minimum absolute atomic E-state index is 0.0399. The van der Waals surface area contributed by atoms with E-state index in [-0.39, 0.29) is 29.7 Å². The molecule has 12 heteroatoms. The number of rotatable bonds is 5. The van der Waals surface area contributed by atoms with E-state index in [1.165, 1.54) is 35.2 Å². The number of likely N-dealkylation sites (N-methyl/N-ethyl adjacent to an activating group) is 2. The van der Waals surface area contributed by atoms with Gasteiger partial charge in [-0.05, 0) is 55.9 Å². The second-order valence-corrected chi connectivity index (χ2v) is 10.7. The van der Waals surface area contributed by atoms with Crippen LogP contribution in [0.3, 0.4) is 0 Å². The molecule has 0 aromatic carbocycles. The largest absolute Gasteiger partial charge is 0.505 e. The molecule has 2 aliphatic rings. The van der Waals surface area contributed by atoms with Gasteiger partial charge in [-0.2, -0.15) is 0 Å². The zero-order valence-corrected chi connectivity index (χ0v) is 23.0. The normalized spacial score (nSPS) is 28.4. The van der Waals surface area contributed by atoms with Gasteiger partial charge in [0.1, 0.15) is 17.8 Å². The maximum Gasteiger partial charge on any atom is 0.274 e. The summed E-state index contributed by atoms with van der Waals surface area (Å²) in [5.74, 6) is -3.59. The van der Waals surface area contributed by atoms with Crippen molar-refractivity contribution in [3.8, 4) is 5.75 Å². The Hall–Kier alpha value is -4.06. The molecule has 6 atom stereocenters. The summed E-state index contributed by atoms with van der Waals surface area (Å²) in [6.07, 6.45) is 4.95. The molecule has 1 saturated carbocycles. The molecule has 4 rings (SSSR count). The molecular formula is C28H36N6O6. The monoisotopic (exact) mass is 552 g/mol. The van der Waals surface area contributed by atoms with Crippen LogP contribution in [0.25, 0.3) is 0 Å². The quantitative estimate of drug-likeness (QED) is 0.406. The number of aliphatic hydroxyl groups is 1. The van der Waals surface area contributed by atoms with Crippen LogP contribution in [0.1, 0.15) is 42.7 Å². The Morgan fingerprint density at radius 3 is 2.40 bits per heavy atom. The first kappa shape index (κ1) is 28.9. The summed E-state index contributed by atoms with van der Waals surface area (Å²) in [5, 5.41) is 27.0.